The number of hydrogen-bond acceptors (Lipinski definition) is 4. The second-order valence-corrected chi connectivity index (χ2v) is 12.4. The average molecular weight is 641 g/mol. The summed E-state index contributed by atoms with van der Waals surface area (Å²) in [5.74, 6) is 0.624. The number of benzene rings is 5. The Balaban J connectivity index is 1.11. The molecule has 0 N–H and O–H groups in total. The number of pyridine rings is 2. The van der Waals surface area contributed by atoms with E-state index in [-0.39, 0.29) is 0 Å². The van der Waals surface area contributed by atoms with Crippen LogP contribution in [0.4, 0.5) is 0 Å². The Morgan fingerprint density at radius 1 is 0.340 bits per heavy atom. The zero-order valence-corrected chi connectivity index (χ0v) is 26.8. The van der Waals surface area contributed by atoms with Crippen LogP contribution in [0.2, 0.25) is 0 Å². The first-order valence-electron chi connectivity index (χ1n) is 16.6. The Bertz CT molecular complexity index is 2740. The minimum Gasteiger partial charge on any atom is -0.309 e. The lowest BCUT2D eigenvalue weighted by Crippen LogP contribution is -1.98. The number of aromatic nitrogens is 6. The van der Waals surface area contributed by atoms with Gasteiger partial charge in [0.15, 0.2) is 5.82 Å². The lowest BCUT2D eigenvalue weighted by Gasteiger charge is -2.11. The zero-order valence-electron chi connectivity index (χ0n) is 26.8. The first-order chi connectivity index (χ1) is 24.8. The summed E-state index contributed by atoms with van der Waals surface area (Å²) in [4.78, 5) is 19.0. The summed E-state index contributed by atoms with van der Waals surface area (Å²) in [5, 5.41) is 4.93. The van der Waals surface area contributed by atoms with E-state index in [0.29, 0.717) is 5.82 Å². The van der Waals surface area contributed by atoms with Gasteiger partial charge in [-0.3, -0.25) is 9.97 Å². The fraction of sp³-hybridized carbons (Fsp3) is 0. The number of rotatable bonds is 5. The highest BCUT2D eigenvalue weighted by Gasteiger charge is 2.17. The van der Waals surface area contributed by atoms with Crippen LogP contribution in [-0.4, -0.2) is 29.1 Å². The SMILES string of the molecule is c1ccc(-c2cc(-c3ccccn3)nc(-c3ccc(-n4c5ccccc5c5cc(-n6c7ccccc7c7ccccc76)ccc54)cc3)n2)nc1. The maximum atomic E-state index is 4.96. The van der Waals surface area contributed by atoms with E-state index in [9.17, 15) is 0 Å². The predicted molar refractivity (Wildman–Crippen MR) is 203 cm³/mol. The molecule has 10 aromatic rings. The number of nitrogens with zero attached hydrogens (tertiary/aromatic N) is 6. The summed E-state index contributed by atoms with van der Waals surface area (Å²) < 4.78 is 4.72. The highest BCUT2D eigenvalue weighted by Crippen LogP contribution is 2.37. The van der Waals surface area contributed by atoms with E-state index in [1.54, 1.807) is 12.4 Å². The molecule has 0 bridgehead atoms. The van der Waals surface area contributed by atoms with E-state index < -0.39 is 0 Å². The molecular formula is C44H28N6. The third-order valence-electron chi connectivity index (χ3n) is 9.46. The fourth-order valence-corrected chi connectivity index (χ4v) is 7.21. The quantitative estimate of drug-likeness (QED) is 0.188. The van der Waals surface area contributed by atoms with Gasteiger partial charge >= 0.3 is 0 Å². The van der Waals surface area contributed by atoms with Crippen molar-refractivity contribution in [3.8, 4) is 45.5 Å². The zero-order chi connectivity index (χ0) is 33.0. The van der Waals surface area contributed by atoms with Crippen molar-refractivity contribution in [1.82, 2.24) is 29.1 Å². The molecule has 0 saturated carbocycles. The van der Waals surface area contributed by atoms with E-state index >= 15 is 0 Å². The van der Waals surface area contributed by atoms with Gasteiger partial charge in [-0.05, 0) is 91.0 Å². The van der Waals surface area contributed by atoms with Gasteiger partial charge in [0.2, 0.25) is 0 Å². The lowest BCUT2D eigenvalue weighted by atomic mass is 10.1. The molecule has 0 fully saturated rings. The largest absolute Gasteiger partial charge is 0.309 e. The van der Waals surface area contributed by atoms with Crippen molar-refractivity contribution in [3.05, 3.63) is 170 Å². The van der Waals surface area contributed by atoms with Crippen molar-refractivity contribution in [2.45, 2.75) is 0 Å². The smallest absolute Gasteiger partial charge is 0.160 e. The van der Waals surface area contributed by atoms with Crippen LogP contribution in [-0.2, 0) is 0 Å². The van der Waals surface area contributed by atoms with Crippen molar-refractivity contribution in [1.29, 1.82) is 0 Å². The second-order valence-electron chi connectivity index (χ2n) is 12.4. The molecule has 0 aliphatic heterocycles. The summed E-state index contributed by atoms with van der Waals surface area (Å²) in [6.45, 7) is 0. The summed E-state index contributed by atoms with van der Waals surface area (Å²) in [7, 11) is 0. The first-order valence-corrected chi connectivity index (χ1v) is 16.6. The van der Waals surface area contributed by atoms with Crippen molar-refractivity contribution < 1.29 is 0 Å². The third kappa shape index (κ3) is 4.50. The molecule has 0 aliphatic rings. The van der Waals surface area contributed by atoms with Crippen LogP contribution in [0.1, 0.15) is 0 Å². The standard InChI is InChI=1S/C44H28N6/c1-4-16-40-32(11-1)33-12-2-5-17-41(33)50(40)31-23-24-43-35(27-31)34-13-3-6-18-42(34)49(43)30-21-19-29(20-22-30)44-47-38(36-14-7-9-25-45-36)28-39(48-44)37-15-8-10-26-46-37/h1-28H. The lowest BCUT2D eigenvalue weighted by molar-refractivity contribution is 1.14. The molecule has 234 valence electrons. The normalized spacial score (nSPS) is 11.6. The van der Waals surface area contributed by atoms with Gasteiger partial charge in [-0.15, -0.1) is 0 Å². The summed E-state index contributed by atoms with van der Waals surface area (Å²) in [6, 6.07) is 54.9. The topological polar surface area (TPSA) is 61.4 Å². The van der Waals surface area contributed by atoms with E-state index in [2.05, 4.69) is 134 Å². The van der Waals surface area contributed by atoms with Gasteiger partial charge in [0.05, 0.1) is 44.8 Å². The van der Waals surface area contributed by atoms with Gasteiger partial charge in [-0.2, -0.15) is 0 Å². The number of hydrogen-bond donors (Lipinski definition) is 0. The molecule has 6 nitrogen and oxygen atoms in total. The van der Waals surface area contributed by atoms with Gasteiger partial charge in [-0.25, -0.2) is 9.97 Å². The Morgan fingerprint density at radius 2 is 0.800 bits per heavy atom. The number of fused-ring (bicyclic) bond motifs is 6. The van der Waals surface area contributed by atoms with Crippen molar-refractivity contribution in [3.63, 3.8) is 0 Å². The molecular weight excluding hydrogens is 613 g/mol. The van der Waals surface area contributed by atoms with E-state index in [1.807, 2.05) is 42.5 Å². The molecule has 50 heavy (non-hydrogen) atoms. The monoisotopic (exact) mass is 640 g/mol. The Kier molecular flexibility index (Phi) is 6.39. The van der Waals surface area contributed by atoms with Crippen LogP contribution in [0.15, 0.2) is 170 Å². The van der Waals surface area contributed by atoms with E-state index in [0.717, 1.165) is 50.7 Å². The van der Waals surface area contributed by atoms with Gasteiger partial charge in [0, 0.05) is 50.9 Å². The summed E-state index contributed by atoms with van der Waals surface area (Å²) in [5.41, 5.74) is 10.9. The van der Waals surface area contributed by atoms with Crippen molar-refractivity contribution in [2.75, 3.05) is 0 Å². The van der Waals surface area contributed by atoms with Crippen molar-refractivity contribution in [2.24, 2.45) is 0 Å². The van der Waals surface area contributed by atoms with Gasteiger partial charge in [-0.1, -0.05) is 66.7 Å². The Labute approximate surface area is 287 Å². The van der Waals surface area contributed by atoms with Crippen LogP contribution < -0.4 is 0 Å². The second kappa shape index (κ2) is 11.4. The van der Waals surface area contributed by atoms with Crippen LogP contribution in [0.5, 0.6) is 0 Å². The maximum Gasteiger partial charge on any atom is 0.160 e. The molecule has 5 aromatic carbocycles. The third-order valence-corrected chi connectivity index (χ3v) is 9.46. The van der Waals surface area contributed by atoms with Crippen LogP contribution in [0.25, 0.3) is 89.2 Å². The van der Waals surface area contributed by atoms with Gasteiger partial charge < -0.3 is 9.13 Å². The number of para-hydroxylation sites is 3. The molecule has 6 heteroatoms. The predicted octanol–water partition coefficient (Wildman–Crippen LogP) is 10.5. The Morgan fingerprint density at radius 3 is 1.34 bits per heavy atom. The van der Waals surface area contributed by atoms with Crippen LogP contribution in [0.3, 0.4) is 0 Å². The highest BCUT2D eigenvalue weighted by molar-refractivity contribution is 6.12. The summed E-state index contributed by atoms with van der Waals surface area (Å²) in [6.07, 6.45) is 3.56. The molecule has 0 unspecified atom stereocenters. The van der Waals surface area contributed by atoms with Crippen LogP contribution in [0, 0.1) is 0 Å². The molecule has 5 heterocycles. The van der Waals surface area contributed by atoms with Crippen molar-refractivity contribution >= 4 is 43.6 Å². The molecule has 0 atom stereocenters. The van der Waals surface area contributed by atoms with Gasteiger partial charge in [0.1, 0.15) is 0 Å². The fourth-order valence-electron chi connectivity index (χ4n) is 7.21. The molecule has 0 amide bonds. The summed E-state index contributed by atoms with van der Waals surface area (Å²) >= 11 is 0. The molecule has 0 spiro atoms. The molecule has 0 saturated heterocycles. The minimum absolute atomic E-state index is 0.624. The van der Waals surface area contributed by atoms with E-state index in [1.165, 1.54) is 32.6 Å². The first kappa shape index (κ1) is 28.1. The van der Waals surface area contributed by atoms with Crippen LogP contribution >= 0.6 is 0 Å². The molecule has 5 aromatic heterocycles. The minimum atomic E-state index is 0.624. The average Bonchev–Trinajstić information content (AvgIpc) is 3.71. The molecule has 0 radical (unpaired) electrons. The molecule has 10 rings (SSSR count). The van der Waals surface area contributed by atoms with Gasteiger partial charge in [0.25, 0.3) is 0 Å². The highest BCUT2D eigenvalue weighted by atomic mass is 15.0. The Hall–Kier alpha value is -6.92. The maximum absolute atomic E-state index is 4.96. The van der Waals surface area contributed by atoms with E-state index in [4.69, 9.17) is 9.97 Å². The molecule has 0 aliphatic carbocycles.